The second kappa shape index (κ2) is 14.6. The van der Waals surface area contributed by atoms with Crippen LogP contribution in [0.5, 0.6) is 0 Å². The maximum atomic E-state index is 13.3. The van der Waals surface area contributed by atoms with Gasteiger partial charge in [0.05, 0.1) is 19.4 Å². The van der Waals surface area contributed by atoms with Gasteiger partial charge in [0.25, 0.3) is 0 Å². The molecule has 0 aromatic rings. The van der Waals surface area contributed by atoms with Crippen molar-refractivity contribution in [2.45, 2.75) is 164 Å². The Kier molecular flexibility index (Phi) is 11.3. The van der Waals surface area contributed by atoms with Crippen molar-refractivity contribution < 1.29 is 24.5 Å². The van der Waals surface area contributed by atoms with E-state index in [0.29, 0.717) is 34.6 Å². The predicted molar refractivity (Wildman–Crippen MR) is 209 cm³/mol. The van der Waals surface area contributed by atoms with Gasteiger partial charge in [-0.25, -0.2) is 0 Å². The van der Waals surface area contributed by atoms with Gasteiger partial charge in [-0.1, -0.05) is 60.6 Å². The lowest BCUT2D eigenvalue weighted by atomic mass is 9.32. The first kappa shape index (κ1) is 40.2. The summed E-state index contributed by atoms with van der Waals surface area (Å²) in [4.78, 5) is 27.1. The molecule has 0 radical (unpaired) electrons. The summed E-state index contributed by atoms with van der Waals surface area (Å²) >= 11 is 0. The van der Waals surface area contributed by atoms with E-state index in [1.807, 2.05) is 13.8 Å². The number of allylic oxidation sites excluding steroid dienone is 1. The molecule has 1 saturated heterocycles. The molecule has 6 aliphatic rings. The molecule has 0 unspecified atom stereocenters. The predicted octanol–water partition coefficient (Wildman–Crippen LogP) is 8.88. The molecule has 1 heterocycles. The molecule has 5 aliphatic carbocycles. The number of ether oxygens (including phenoxy) is 1. The second-order valence-corrected chi connectivity index (χ2v) is 21.3. The van der Waals surface area contributed by atoms with Crippen LogP contribution in [0.3, 0.4) is 0 Å². The number of carboxylic acids is 1. The highest BCUT2D eigenvalue weighted by Gasteiger charge is 2.71. The third-order valence-corrected chi connectivity index (χ3v) is 17.8. The highest BCUT2D eigenvalue weighted by atomic mass is 16.5. The SMILES string of the molecule is C=C(C)[C@@H]1CC[C@]2(CCNC3CCN(CCO)CC3)CC[C@]3(C)[C@H](CC[C@@H]4[C@@]5(C)CC[C@H](OC(=O)CC(C)(C)CC(=O)O)C(C)(C)[C@@H]5CC[C@]43C)[C@@H]12. The van der Waals surface area contributed by atoms with Gasteiger partial charge in [0.2, 0.25) is 0 Å². The van der Waals surface area contributed by atoms with Crippen LogP contribution in [0.15, 0.2) is 12.2 Å². The van der Waals surface area contributed by atoms with Crippen molar-refractivity contribution in [2.24, 2.45) is 62.1 Å². The Morgan fingerprint density at radius 2 is 1.58 bits per heavy atom. The Morgan fingerprint density at radius 3 is 2.23 bits per heavy atom. The maximum absolute atomic E-state index is 13.3. The van der Waals surface area contributed by atoms with E-state index in [4.69, 9.17) is 4.74 Å². The Bertz CT molecular complexity index is 1340. The highest BCUT2D eigenvalue weighted by Crippen LogP contribution is 2.78. The fourth-order valence-corrected chi connectivity index (χ4v) is 15.0. The lowest BCUT2D eigenvalue weighted by molar-refractivity contribution is -0.250. The summed E-state index contributed by atoms with van der Waals surface area (Å²) in [5, 5.41) is 22.8. The Balaban J connectivity index is 1.17. The smallest absolute Gasteiger partial charge is 0.306 e. The number of aliphatic carboxylic acids is 1. The zero-order chi connectivity index (χ0) is 37.9. The first-order valence-electron chi connectivity index (χ1n) is 21.5. The maximum Gasteiger partial charge on any atom is 0.306 e. The first-order chi connectivity index (χ1) is 24.3. The minimum Gasteiger partial charge on any atom is -0.481 e. The van der Waals surface area contributed by atoms with Gasteiger partial charge in [0, 0.05) is 18.0 Å². The van der Waals surface area contributed by atoms with Gasteiger partial charge in [0.1, 0.15) is 6.10 Å². The molecule has 6 rings (SSSR count). The fraction of sp³-hybridized carbons (Fsp3) is 0.911. The summed E-state index contributed by atoms with van der Waals surface area (Å²) in [6.45, 7) is 27.9. The third-order valence-electron chi connectivity index (χ3n) is 17.8. The second-order valence-electron chi connectivity index (χ2n) is 21.3. The van der Waals surface area contributed by atoms with E-state index in [1.165, 1.54) is 76.2 Å². The van der Waals surface area contributed by atoms with Crippen LogP contribution in [-0.4, -0.2) is 72.0 Å². The number of carbonyl (C=O) groups excluding carboxylic acids is 1. The van der Waals surface area contributed by atoms with Crippen molar-refractivity contribution in [3.8, 4) is 0 Å². The molecule has 6 fully saturated rings. The van der Waals surface area contributed by atoms with E-state index in [9.17, 15) is 19.8 Å². The Hall–Kier alpha value is -1.44. The number of carbonyl (C=O) groups is 2. The molecule has 0 amide bonds. The minimum absolute atomic E-state index is 0.0327. The molecular weight excluding hydrogens is 649 g/mol. The molecule has 5 saturated carbocycles. The van der Waals surface area contributed by atoms with Gasteiger partial charge >= 0.3 is 11.9 Å². The number of aliphatic hydroxyl groups is 1. The minimum atomic E-state index is -0.869. The zero-order valence-corrected chi connectivity index (χ0v) is 34.5. The highest BCUT2D eigenvalue weighted by molar-refractivity contribution is 5.73. The number of hydrogen-bond acceptors (Lipinski definition) is 6. The number of esters is 1. The van der Waals surface area contributed by atoms with Gasteiger partial charge in [-0.15, -0.1) is 0 Å². The largest absolute Gasteiger partial charge is 0.481 e. The van der Waals surface area contributed by atoms with E-state index < -0.39 is 11.4 Å². The zero-order valence-electron chi connectivity index (χ0n) is 34.5. The van der Waals surface area contributed by atoms with Crippen molar-refractivity contribution in [3.63, 3.8) is 0 Å². The topological polar surface area (TPSA) is 99.1 Å². The van der Waals surface area contributed by atoms with Crippen LogP contribution < -0.4 is 5.32 Å². The van der Waals surface area contributed by atoms with E-state index in [-0.39, 0.29) is 47.8 Å². The number of rotatable bonds is 12. The molecule has 52 heavy (non-hydrogen) atoms. The quantitative estimate of drug-likeness (QED) is 0.137. The monoisotopic (exact) mass is 725 g/mol. The summed E-state index contributed by atoms with van der Waals surface area (Å²) in [5.74, 6) is 2.17. The Morgan fingerprint density at radius 1 is 0.865 bits per heavy atom. The van der Waals surface area contributed by atoms with Crippen molar-refractivity contribution in [1.82, 2.24) is 10.2 Å². The van der Waals surface area contributed by atoms with E-state index in [0.717, 1.165) is 50.9 Å². The third kappa shape index (κ3) is 6.97. The summed E-state index contributed by atoms with van der Waals surface area (Å²) < 4.78 is 6.31. The summed E-state index contributed by atoms with van der Waals surface area (Å²) in [6.07, 6.45) is 16.1. The lowest BCUT2D eigenvalue weighted by Gasteiger charge is -2.73. The van der Waals surface area contributed by atoms with Gasteiger partial charge in [0.15, 0.2) is 0 Å². The van der Waals surface area contributed by atoms with Crippen LogP contribution in [0.4, 0.5) is 0 Å². The number of nitrogens with zero attached hydrogens (tertiary/aromatic N) is 1. The molecule has 10 atom stereocenters. The van der Waals surface area contributed by atoms with Crippen molar-refractivity contribution >= 4 is 11.9 Å². The molecule has 7 heteroatoms. The van der Waals surface area contributed by atoms with Crippen molar-refractivity contribution in [1.29, 1.82) is 0 Å². The normalized spacial score (nSPS) is 42.0. The molecular formula is C45H76N2O5. The lowest BCUT2D eigenvalue weighted by Crippen LogP contribution is -2.66. The number of carboxylic acid groups (broad SMARTS) is 1. The number of piperidine rings is 1. The molecule has 1 aliphatic heterocycles. The number of hydrogen-bond donors (Lipinski definition) is 3. The summed E-state index contributed by atoms with van der Waals surface area (Å²) in [7, 11) is 0. The van der Waals surface area contributed by atoms with Crippen LogP contribution in [0.2, 0.25) is 0 Å². The van der Waals surface area contributed by atoms with Crippen LogP contribution in [0.1, 0.15) is 152 Å². The Labute approximate surface area is 316 Å². The van der Waals surface area contributed by atoms with Crippen LogP contribution in [0, 0.1) is 62.1 Å². The molecule has 0 aromatic carbocycles. The number of nitrogens with one attached hydrogen (secondary N) is 1. The summed E-state index contributed by atoms with van der Waals surface area (Å²) in [6, 6.07) is 0.605. The molecule has 0 bridgehead atoms. The van der Waals surface area contributed by atoms with E-state index >= 15 is 0 Å². The van der Waals surface area contributed by atoms with Crippen molar-refractivity contribution in [3.05, 3.63) is 12.2 Å². The van der Waals surface area contributed by atoms with Gasteiger partial charge in [-0.2, -0.15) is 0 Å². The standard InChI is InChI=1S/C45H76N2O5/c1-30(2)32-12-19-45(22-23-46-31-15-24-47(25-16-31)26-27-48)21-20-43(8)33(39(32)45)10-11-35-42(7)17-14-36(41(5,6)34(42)13-18-44(35,43)9)52-38(51)29-40(3,4)28-37(49)50/h31-36,39,46,48H,1,10-29H2,2-9H3,(H,49,50)/t32-,33+,34-,35+,36-,39+,42-,43+,44+,45+/m0/s1. The molecule has 3 N–H and O–H groups in total. The van der Waals surface area contributed by atoms with Gasteiger partial charge < -0.3 is 25.2 Å². The van der Waals surface area contributed by atoms with Gasteiger partial charge in [-0.05, 0) is 167 Å². The summed E-state index contributed by atoms with van der Waals surface area (Å²) in [5.41, 5.74) is 1.91. The van der Waals surface area contributed by atoms with Crippen LogP contribution in [0.25, 0.3) is 0 Å². The average Bonchev–Trinajstić information content (AvgIpc) is 3.43. The van der Waals surface area contributed by atoms with E-state index in [2.05, 4.69) is 58.3 Å². The molecule has 0 aromatic heterocycles. The average molecular weight is 725 g/mol. The van der Waals surface area contributed by atoms with Crippen molar-refractivity contribution in [2.75, 3.05) is 32.8 Å². The van der Waals surface area contributed by atoms with Crippen LogP contribution >= 0.6 is 0 Å². The number of likely N-dealkylation sites (tertiary alicyclic amines) is 1. The van der Waals surface area contributed by atoms with Crippen LogP contribution in [-0.2, 0) is 14.3 Å². The van der Waals surface area contributed by atoms with Gasteiger partial charge in [-0.3, -0.25) is 9.59 Å². The molecule has 296 valence electrons. The first-order valence-corrected chi connectivity index (χ1v) is 21.5. The molecule has 7 nitrogen and oxygen atoms in total. The van der Waals surface area contributed by atoms with E-state index in [1.54, 1.807) is 0 Å². The molecule has 0 spiro atoms. The number of fused-ring (bicyclic) bond motifs is 7. The fourth-order valence-electron chi connectivity index (χ4n) is 15.0. The number of aliphatic hydroxyl groups excluding tert-OH is 1. The number of β-amino-alcohol motifs (C(OH)–C–C–N with tert-alkyl or cyclic N) is 1.